The number of carbonyl (C=O) groups is 1. The van der Waals surface area contributed by atoms with Gasteiger partial charge in [-0.25, -0.2) is 0 Å². The van der Waals surface area contributed by atoms with E-state index >= 15 is 0 Å². The van der Waals surface area contributed by atoms with Crippen LogP contribution in [0.2, 0.25) is 0 Å². The monoisotopic (exact) mass is 286 g/mol. The molecule has 0 aromatic heterocycles. The van der Waals surface area contributed by atoms with Gasteiger partial charge in [-0.2, -0.15) is 5.26 Å². The number of quaternary nitrogens is 1. The molecule has 0 atom stereocenters. The predicted molar refractivity (Wildman–Crippen MR) is 75.3 cm³/mol. The second-order valence-corrected chi connectivity index (χ2v) is 5.05. The molecule has 0 radical (unpaired) electrons. The topological polar surface area (TPSA) is 77.6 Å². The largest absolute Gasteiger partial charge is 0.544 e. The van der Waals surface area contributed by atoms with E-state index < -0.39 is 11.5 Å². The van der Waals surface area contributed by atoms with Crippen LogP contribution in [0.1, 0.15) is 18.4 Å². The van der Waals surface area contributed by atoms with Gasteiger partial charge in [0, 0.05) is 18.4 Å². The van der Waals surface area contributed by atoms with Crippen molar-refractivity contribution in [3.8, 4) is 11.8 Å². The molecule has 21 heavy (non-hydrogen) atoms. The number of benzene rings is 1. The second-order valence-electron chi connectivity index (χ2n) is 5.05. The first kappa shape index (κ1) is 15.1. The lowest BCUT2D eigenvalue weighted by molar-refractivity contribution is -0.887. The quantitative estimate of drug-likeness (QED) is 0.559. The van der Waals surface area contributed by atoms with Crippen LogP contribution in [0.25, 0.3) is 6.08 Å². The van der Waals surface area contributed by atoms with Gasteiger partial charge in [0.25, 0.3) is 0 Å². The highest BCUT2D eigenvalue weighted by Gasteiger charge is 2.14. The van der Waals surface area contributed by atoms with Gasteiger partial charge in [-0.15, -0.1) is 0 Å². The zero-order valence-electron chi connectivity index (χ0n) is 11.8. The molecule has 1 saturated heterocycles. The van der Waals surface area contributed by atoms with Crippen molar-refractivity contribution < 1.29 is 19.5 Å². The van der Waals surface area contributed by atoms with Crippen molar-refractivity contribution in [2.45, 2.75) is 12.8 Å². The molecule has 5 nitrogen and oxygen atoms in total. The summed E-state index contributed by atoms with van der Waals surface area (Å²) in [6.45, 7) is 3.89. The third-order valence-electron chi connectivity index (χ3n) is 3.58. The maximum atomic E-state index is 10.8. The van der Waals surface area contributed by atoms with Gasteiger partial charge < -0.3 is 19.5 Å². The minimum absolute atomic E-state index is 0.406. The van der Waals surface area contributed by atoms with E-state index in [1.807, 2.05) is 6.07 Å². The summed E-state index contributed by atoms with van der Waals surface area (Å²) in [5.41, 5.74) is 0.172. The van der Waals surface area contributed by atoms with Crippen LogP contribution >= 0.6 is 0 Å². The lowest BCUT2D eigenvalue weighted by Gasteiger charge is -2.14. The van der Waals surface area contributed by atoms with Crippen LogP contribution in [0.5, 0.6) is 5.75 Å². The lowest BCUT2D eigenvalue weighted by Crippen LogP contribution is -3.10. The maximum Gasteiger partial charge on any atom is 0.137 e. The first-order chi connectivity index (χ1) is 10.2. The molecule has 0 bridgehead atoms. The summed E-state index contributed by atoms with van der Waals surface area (Å²) in [5, 5.41) is 19.6. The number of para-hydroxylation sites is 1. The standard InChI is InChI=1S/C16H18N2O3/c17-12-14(16(19)20)11-13-5-1-2-6-15(13)21-10-9-18-7-3-4-8-18/h1-2,5-6,11H,3-4,7-10H2,(H,19,20)/b14-11-. The van der Waals surface area contributed by atoms with Crippen LogP contribution in [-0.2, 0) is 4.79 Å². The fraction of sp³-hybridized carbons (Fsp3) is 0.375. The van der Waals surface area contributed by atoms with E-state index in [9.17, 15) is 9.90 Å². The van der Waals surface area contributed by atoms with Gasteiger partial charge in [0.15, 0.2) is 0 Å². The summed E-state index contributed by atoms with van der Waals surface area (Å²) in [6, 6.07) is 8.70. The molecule has 1 N–H and O–H groups in total. The summed E-state index contributed by atoms with van der Waals surface area (Å²) < 4.78 is 5.74. The molecule has 1 aromatic carbocycles. The van der Waals surface area contributed by atoms with E-state index in [0.29, 0.717) is 17.9 Å². The highest BCUT2D eigenvalue weighted by molar-refractivity contribution is 5.95. The minimum Gasteiger partial charge on any atom is -0.544 e. The molecule has 1 aromatic rings. The maximum absolute atomic E-state index is 10.8. The molecule has 0 spiro atoms. The highest BCUT2D eigenvalue weighted by atomic mass is 16.5. The molecule has 1 aliphatic heterocycles. The fourth-order valence-corrected chi connectivity index (χ4v) is 2.45. The number of hydrogen-bond acceptors (Lipinski definition) is 4. The molecule has 5 heteroatoms. The first-order valence-corrected chi connectivity index (χ1v) is 7.09. The summed E-state index contributed by atoms with van der Waals surface area (Å²) >= 11 is 0. The van der Waals surface area contributed by atoms with Crippen LogP contribution in [0.15, 0.2) is 29.8 Å². The number of carbonyl (C=O) groups excluding carboxylic acids is 1. The van der Waals surface area contributed by atoms with E-state index in [-0.39, 0.29) is 0 Å². The van der Waals surface area contributed by atoms with E-state index in [0.717, 1.165) is 6.54 Å². The van der Waals surface area contributed by atoms with Gasteiger partial charge in [-0.3, -0.25) is 0 Å². The minimum atomic E-state index is -1.48. The third kappa shape index (κ3) is 4.33. The third-order valence-corrected chi connectivity index (χ3v) is 3.58. The molecule has 2 rings (SSSR count). The van der Waals surface area contributed by atoms with Crippen molar-refractivity contribution in [1.29, 1.82) is 5.26 Å². The molecule has 0 aliphatic carbocycles. The smallest absolute Gasteiger partial charge is 0.137 e. The van der Waals surface area contributed by atoms with E-state index in [4.69, 9.17) is 10.00 Å². The number of ether oxygens (including phenoxy) is 1. The summed E-state index contributed by atoms with van der Waals surface area (Å²) in [4.78, 5) is 12.3. The van der Waals surface area contributed by atoms with Crippen molar-refractivity contribution in [1.82, 2.24) is 0 Å². The number of carboxylic acids is 1. The molecule has 1 aliphatic rings. The fourth-order valence-electron chi connectivity index (χ4n) is 2.45. The Hall–Kier alpha value is -2.32. The Bertz CT molecular complexity index is 569. The molecule has 0 amide bonds. The Balaban J connectivity index is 2.02. The summed E-state index contributed by atoms with van der Waals surface area (Å²) in [5.74, 6) is -0.890. The number of nitriles is 1. The predicted octanol–water partition coefficient (Wildman–Crippen LogP) is -0.599. The molecule has 1 fully saturated rings. The number of nitrogens with one attached hydrogen (secondary N) is 1. The van der Waals surface area contributed by atoms with Crippen LogP contribution in [0.3, 0.4) is 0 Å². The molecule has 1 heterocycles. The van der Waals surface area contributed by atoms with Crippen molar-refractivity contribution in [3.05, 3.63) is 35.4 Å². The van der Waals surface area contributed by atoms with Gasteiger partial charge in [0.2, 0.25) is 0 Å². The van der Waals surface area contributed by atoms with Crippen LogP contribution in [0, 0.1) is 11.3 Å². The Morgan fingerprint density at radius 3 is 2.76 bits per heavy atom. The Morgan fingerprint density at radius 2 is 2.10 bits per heavy atom. The van der Waals surface area contributed by atoms with Crippen molar-refractivity contribution in [3.63, 3.8) is 0 Å². The van der Waals surface area contributed by atoms with Gasteiger partial charge in [0.05, 0.1) is 24.6 Å². The number of carboxylic acid groups (broad SMARTS) is 1. The van der Waals surface area contributed by atoms with Gasteiger partial charge in [0.1, 0.15) is 25.0 Å². The number of rotatable bonds is 6. The van der Waals surface area contributed by atoms with Gasteiger partial charge in [-0.05, 0) is 12.1 Å². The van der Waals surface area contributed by atoms with Crippen LogP contribution in [0.4, 0.5) is 0 Å². The molecular weight excluding hydrogens is 268 g/mol. The number of hydrogen-bond donors (Lipinski definition) is 1. The molecule has 0 saturated carbocycles. The van der Waals surface area contributed by atoms with Crippen molar-refractivity contribution >= 4 is 12.0 Å². The molecule has 0 unspecified atom stereocenters. The van der Waals surface area contributed by atoms with Crippen molar-refractivity contribution in [2.24, 2.45) is 0 Å². The number of aliphatic carboxylic acids is 1. The normalized spacial score (nSPS) is 15.7. The lowest BCUT2D eigenvalue weighted by atomic mass is 10.1. The number of likely N-dealkylation sites (tertiary alicyclic amines) is 1. The first-order valence-electron chi connectivity index (χ1n) is 7.09. The average Bonchev–Trinajstić information content (AvgIpc) is 2.99. The van der Waals surface area contributed by atoms with Crippen molar-refractivity contribution in [2.75, 3.05) is 26.2 Å². The zero-order valence-corrected chi connectivity index (χ0v) is 11.8. The van der Waals surface area contributed by atoms with Gasteiger partial charge >= 0.3 is 0 Å². The van der Waals surface area contributed by atoms with Crippen LogP contribution < -0.4 is 14.7 Å². The average molecular weight is 286 g/mol. The number of nitrogens with zero attached hydrogens (tertiary/aromatic N) is 1. The second kappa shape index (κ2) is 7.46. The Kier molecular flexibility index (Phi) is 5.35. The molecular formula is C16H18N2O3. The summed E-state index contributed by atoms with van der Waals surface area (Å²) in [7, 11) is 0. The van der Waals surface area contributed by atoms with E-state index in [1.54, 1.807) is 24.3 Å². The van der Waals surface area contributed by atoms with E-state index in [1.165, 1.54) is 36.9 Å². The SMILES string of the molecule is N#C/C(=C/c1ccccc1OCC[NH+]1CCCC1)C(=O)[O-]. The Labute approximate surface area is 124 Å². The zero-order chi connectivity index (χ0) is 15.1. The highest BCUT2D eigenvalue weighted by Crippen LogP contribution is 2.20. The van der Waals surface area contributed by atoms with Crippen LogP contribution in [-0.4, -0.2) is 32.2 Å². The van der Waals surface area contributed by atoms with E-state index in [2.05, 4.69) is 0 Å². The molecule has 110 valence electrons. The van der Waals surface area contributed by atoms with Gasteiger partial charge in [-0.1, -0.05) is 18.2 Å². The Morgan fingerprint density at radius 1 is 1.38 bits per heavy atom. The summed E-state index contributed by atoms with van der Waals surface area (Å²) in [6.07, 6.45) is 3.82.